The van der Waals surface area contributed by atoms with E-state index in [-0.39, 0.29) is 0 Å². The van der Waals surface area contributed by atoms with Crippen LogP contribution in [0.15, 0.2) is 115 Å². The summed E-state index contributed by atoms with van der Waals surface area (Å²) >= 11 is 0. The van der Waals surface area contributed by atoms with E-state index in [9.17, 15) is 5.11 Å². The first-order valence-corrected chi connectivity index (χ1v) is 10.8. The molecule has 2 heteroatoms. The Morgan fingerprint density at radius 2 is 0.769 bits per heavy atom. The number of para-hydroxylation sites is 1. The van der Waals surface area contributed by atoms with Gasteiger partial charge in [-0.1, -0.05) is 0 Å². The Labute approximate surface area is 154 Å². The second kappa shape index (κ2) is 7.15. The van der Waals surface area contributed by atoms with Gasteiger partial charge in [0.25, 0.3) is 0 Å². The average molecular weight is 356 g/mol. The second-order valence-corrected chi connectivity index (χ2v) is 10.1. The van der Waals surface area contributed by atoms with Gasteiger partial charge in [-0.2, -0.15) is 0 Å². The number of benzene rings is 4. The Balaban J connectivity index is 2.17. The van der Waals surface area contributed by atoms with Crippen molar-refractivity contribution in [3.05, 3.63) is 115 Å². The predicted octanol–water partition coefficient (Wildman–Crippen LogP) is 3.74. The maximum absolute atomic E-state index is 10.9. The standard InChI is InChI=1S/C24H21OP/c25-23-18-10-11-19-24(23)26(20-12-4-1-5-13-20,21-14-6-2-7-15-21)22-16-8-3-9-17-22/h1-19,25-26H. The van der Waals surface area contributed by atoms with Gasteiger partial charge >= 0.3 is 155 Å². The Morgan fingerprint density at radius 1 is 0.423 bits per heavy atom. The van der Waals surface area contributed by atoms with E-state index in [1.807, 2.05) is 30.3 Å². The number of hydrogen-bond donors (Lipinski definition) is 1. The molecule has 0 fully saturated rings. The van der Waals surface area contributed by atoms with Gasteiger partial charge in [0, 0.05) is 0 Å². The van der Waals surface area contributed by atoms with E-state index in [4.69, 9.17) is 0 Å². The van der Waals surface area contributed by atoms with Gasteiger partial charge in [-0.05, 0) is 0 Å². The molecule has 0 bridgehead atoms. The summed E-state index contributed by atoms with van der Waals surface area (Å²) in [4.78, 5) is 0. The summed E-state index contributed by atoms with van der Waals surface area (Å²) in [6, 6.07) is 39.6. The third-order valence-electron chi connectivity index (χ3n) is 4.93. The zero-order valence-electron chi connectivity index (χ0n) is 14.4. The molecular formula is C24H21OP. The van der Waals surface area contributed by atoms with Gasteiger partial charge in [-0.3, -0.25) is 0 Å². The summed E-state index contributed by atoms with van der Waals surface area (Å²) in [5.41, 5.74) is 0. The van der Waals surface area contributed by atoms with Crippen molar-refractivity contribution in [1.29, 1.82) is 0 Å². The summed E-state index contributed by atoms with van der Waals surface area (Å²) in [5, 5.41) is 15.7. The van der Waals surface area contributed by atoms with Gasteiger partial charge in [0.1, 0.15) is 0 Å². The summed E-state index contributed by atoms with van der Waals surface area (Å²) < 4.78 is 0. The summed E-state index contributed by atoms with van der Waals surface area (Å²) in [6.45, 7) is 0. The van der Waals surface area contributed by atoms with Crippen molar-refractivity contribution in [2.24, 2.45) is 0 Å². The third-order valence-corrected chi connectivity index (χ3v) is 9.76. The van der Waals surface area contributed by atoms with Gasteiger partial charge in [0.15, 0.2) is 0 Å². The van der Waals surface area contributed by atoms with Crippen LogP contribution in [-0.4, -0.2) is 5.11 Å². The van der Waals surface area contributed by atoms with Gasteiger partial charge in [0.05, 0.1) is 0 Å². The molecule has 0 atom stereocenters. The minimum absolute atomic E-state index is 0.357. The van der Waals surface area contributed by atoms with Gasteiger partial charge in [-0.25, -0.2) is 0 Å². The molecule has 0 heterocycles. The van der Waals surface area contributed by atoms with E-state index >= 15 is 0 Å². The molecule has 0 aromatic heterocycles. The van der Waals surface area contributed by atoms with Crippen molar-refractivity contribution in [3.63, 3.8) is 0 Å². The maximum atomic E-state index is 10.9. The fraction of sp³-hybridized carbons (Fsp3) is 0. The average Bonchev–Trinajstić information content (AvgIpc) is 2.72. The molecule has 0 amide bonds. The van der Waals surface area contributed by atoms with Crippen molar-refractivity contribution < 1.29 is 5.11 Å². The van der Waals surface area contributed by atoms with Crippen LogP contribution in [0.3, 0.4) is 0 Å². The van der Waals surface area contributed by atoms with Crippen LogP contribution in [-0.2, 0) is 0 Å². The molecule has 0 aliphatic rings. The molecule has 4 rings (SSSR count). The zero-order chi connectivity index (χ0) is 17.8. The molecule has 128 valence electrons. The zero-order valence-corrected chi connectivity index (χ0v) is 15.4. The van der Waals surface area contributed by atoms with Crippen LogP contribution in [0.5, 0.6) is 5.75 Å². The molecule has 0 radical (unpaired) electrons. The van der Waals surface area contributed by atoms with Crippen LogP contribution >= 0.6 is 7.26 Å². The summed E-state index contributed by atoms with van der Waals surface area (Å²) in [7, 11) is -2.59. The molecule has 1 N–H and O–H groups in total. The van der Waals surface area contributed by atoms with E-state index in [2.05, 4.69) is 78.9 Å². The number of hydrogen-bond acceptors (Lipinski definition) is 1. The van der Waals surface area contributed by atoms with Gasteiger partial charge in [0.2, 0.25) is 0 Å². The Kier molecular flexibility index (Phi) is 4.56. The van der Waals surface area contributed by atoms with Crippen molar-refractivity contribution in [1.82, 2.24) is 0 Å². The Morgan fingerprint density at radius 3 is 1.15 bits per heavy atom. The molecule has 26 heavy (non-hydrogen) atoms. The van der Waals surface area contributed by atoms with Crippen LogP contribution in [0.25, 0.3) is 0 Å². The SMILES string of the molecule is Oc1ccccc1[PH](c1ccccc1)(c1ccccc1)c1ccccc1. The molecule has 0 saturated heterocycles. The van der Waals surface area contributed by atoms with Crippen molar-refractivity contribution in [3.8, 4) is 5.75 Å². The van der Waals surface area contributed by atoms with E-state index in [1.54, 1.807) is 6.07 Å². The van der Waals surface area contributed by atoms with Crippen LogP contribution in [0.2, 0.25) is 0 Å². The molecule has 0 aliphatic heterocycles. The van der Waals surface area contributed by atoms with Crippen LogP contribution in [0.4, 0.5) is 0 Å². The fourth-order valence-corrected chi connectivity index (χ4v) is 8.65. The molecule has 0 aliphatic carbocycles. The van der Waals surface area contributed by atoms with E-state index in [0.717, 1.165) is 5.30 Å². The van der Waals surface area contributed by atoms with Crippen LogP contribution in [0, 0.1) is 0 Å². The van der Waals surface area contributed by atoms with E-state index < -0.39 is 7.26 Å². The first-order chi connectivity index (χ1) is 12.8. The predicted molar refractivity (Wildman–Crippen MR) is 114 cm³/mol. The quantitative estimate of drug-likeness (QED) is 0.552. The van der Waals surface area contributed by atoms with Crippen molar-refractivity contribution in [2.45, 2.75) is 0 Å². The first-order valence-electron chi connectivity index (χ1n) is 8.78. The molecular weight excluding hydrogens is 335 g/mol. The molecule has 4 aromatic rings. The number of rotatable bonds is 4. The second-order valence-electron chi connectivity index (χ2n) is 6.37. The Hall–Kier alpha value is -2.89. The molecule has 1 nitrogen and oxygen atoms in total. The first kappa shape index (κ1) is 16.6. The molecule has 0 saturated carbocycles. The normalized spacial score (nSPS) is 11.8. The molecule has 4 aromatic carbocycles. The van der Waals surface area contributed by atoms with Crippen molar-refractivity contribution >= 4 is 28.5 Å². The van der Waals surface area contributed by atoms with Gasteiger partial charge in [-0.15, -0.1) is 0 Å². The summed E-state index contributed by atoms with van der Waals surface area (Å²) in [5.74, 6) is 0.357. The molecule has 0 unspecified atom stereocenters. The third kappa shape index (κ3) is 2.71. The molecule has 0 spiro atoms. The van der Waals surface area contributed by atoms with E-state index in [0.29, 0.717) is 5.75 Å². The topological polar surface area (TPSA) is 20.2 Å². The number of phenols is 1. The number of aromatic hydroxyl groups is 1. The van der Waals surface area contributed by atoms with E-state index in [1.165, 1.54) is 15.9 Å². The summed E-state index contributed by atoms with van der Waals surface area (Å²) in [6.07, 6.45) is 0. The fourth-order valence-electron chi connectivity index (χ4n) is 3.82. The minimum atomic E-state index is -2.59. The number of phenolic OH excluding ortho intramolecular Hbond substituents is 1. The van der Waals surface area contributed by atoms with Crippen molar-refractivity contribution in [2.75, 3.05) is 0 Å². The van der Waals surface area contributed by atoms with Gasteiger partial charge < -0.3 is 0 Å². The van der Waals surface area contributed by atoms with Crippen LogP contribution < -0.4 is 21.2 Å². The van der Waals surface area contributed by atoms with Crippen LogP contribution in [0.1, 0.15) is 0 Å². The Bertz CT molecular complexity index is 885. The monoisotopic (exact) mass is 356 g/mol.